The first-order valence-corrected chi connectivity index (χ1v) is 8.98. The third-order valence-electron chi connectivity index (χ3n) is 3.93. The first-order chi connectivity index (χ1) is 10.6. The van der Waals surface area contributed by atoms with Crippen LogP contribution in [0.5, 0.6) is 0 Å². The summed E-state index contributed by atoms with van der Waals surface area (Å²) in [5.41, 5.74) is 0.507. The van der Waals surface area contributed by atoms with Gasteiger partial charge in [-0.25, -0.2) is 4.79 Å². The molecule has 1 aromatic rings. The van der Waals surface area contributed by atoms with Crippen LogP contribution in [0, 0.1) is 0 Å². The molecule has 1 N–H and O–H groups in total. The number of hydrogen-bond acceptors (Lipinski definition) is 4. The first kappa shape index (κ1) is 16.9. The highest BCUT2D eigenvalue weighted by Crippen LogP contribution is 2.21. The van der Waals surface area contributed by atoms with Crippen LogP contribution in [0.2, 0.25) is 0 Å². The summed E-state index contributed by atoms with van der Waals surface area (Å²) in [6.45, 7) is 1.62. The van der Waals surface area contributed by atoms with Crippen molar-refractivity contribution in [1.29, 1.82) is 0 Å². The predicted molar refractivity (Wildman–Crippen MR) is 88.1 cm³/mol. The molecule has 0 aromatic heterocycles. The molecule has 0 radical (unpaired) electrons. The van der Waals surface area contributed by atoms with Crippen LogP contribution in [-0.2, 0) is 9.53 Å². The Morgan fingerprint density at radius 1 is 1.23 bits per heavy atom. The smallest absolute Gasteiger partial charge is 0.340 e. The normalized spacial score (nSPS) is 16.8. The van der Waals surface area contributed by atoms with Crippen molar-refractivity contribution in [1.82, 2.24) is 5.32 Å². The average molecular weight is 321 g/mol. The van der Waals surface area contributed by atoms with Crippen molar-refractivity contribution < 1.29 is 14.3 Å². The van der Waals surface area contributed by atoms with Crippen molar-refractivity contribution >= 4 is 23.6 Å². The second kappa shape index (κ2) is 8.22. The van der Waals surface area contributed by atoms with E-state index in [1.165, 1.54) is 18.2 Å². The Morgan fingerprint density at radius 3 is 2.59 bits per heavy atom. The molecule has 0 bridgehead atoms. The summed E-state index contributed by atoms with van der Waals surface area (Å²) in [4.78, 5) is 25.2. The molecule has 1 atom stereocenters. The first-order valence-electron chi connectivity index (χ1n) is 7.76. The molecule has 1 aromatic carbocycles. The maximum absolute atomic E-state index is 12.2. The van der Waals surface area contributed by atoms with Crippen LogP contribution in [0.15, 0.2) is 29.2 Å². The standard InChI is InChI=1S/C17H23NO3S/c1-12(16(19)18-13-8-4-3-5-9-13)21-17(20)14-10-6-7-11-15(14)22-2/h6-7,10-13H,3-5,8-9H2,1-2H3,(H,18,19)/t12-/m0/s1. The topological polar surface area (TPSA) is 55.4 Å². The molecule has 1 saturated carbocycles. The van der Waals surface area contributed by atoms with Gasteiger partial charge in [0.05, 0.1) is 5.56 Å². The molecule has 5 heteroatoms. The van der Waals surface area contributed by atoms with Crippen molar-refractivity contribution in [3.8, 4) is 0 Å². The highest BCUT2D eigenvalue weighted by Gasteiger charge is 2.23. The summed E-state index contributed by atoms with van der Waals surface area (Å²) in [6, 6.07) is 7.49. The van der Waals surface area contributed by atoms with Crippen molar-refractivity contribution in [2.24, 2.45) is 0 Å². The van der Waals surface area contributed by atoms with E-state index < -0.39 is 12.1 Å². The fourth-order valence-corrected chi connectivity index (χ4v) is 3.24. The summed E-state index contributed by atoms with van der Waals surface area (Å²) in [5, 5.41) is 2.98. The predicted octanol–water partition coefficient (Wildman–Crippen LogP) is 3.40. The summed E-state index contributed by atoms with van der Waals surface area (Å²) in [7, 11) is 0. The minimum Gasteiger partial charge on any atom is -0.449 e. The molecule has 1 fully saturated rings. The number of carbonyl (C=O) groups is 2. The molecule has 2 rings (SSSR count). The number of nitrogens with one attached hydrogen (secondary N) is 1. The molecule has 0 saturated heterocycles. The van der Waals surface area contributed by atoms with E-state index in [1.807, 2.05) is 18.4 Å². The van der Waals surface area contributed by atoms with Crippen LogP contribution >= 0.6 is 11.8 Å². The highest BCUT2D eigenvalue weighted by atomic mass is 32.2. The molecule has 1 amide bonds. The number of thioether (sulfide) groups is 1. The Hall–Kier alpha value is -1.49. The summed E-state index contributed by atoms with van der Waals surface area (Å²) in [5.74, 6) is -0.655. The lowest BCUT2D eigenvalue weighted by Gasteiger charge is -2.24. The van der Waals surface area contributed by atoms with E-state index in [0.717, 1.165) is 30.6 Å². The number of rotatable bonds is 5. The van der Waals surface area contributed by atoms with Gasteiger partial charge in [-0.2, -0.15) is 0 Å². The Kier molecular flexibility index (Phi) is 6.31. The van der Waals surface area contributed by atoms with Gasteiger partial charge in [-0.3, -0.25) is 4.79 Å². The fourth-order valence-electron chi connectivity index (χ4n) is 2.66. The molecule has 0 aliphatic heterocycles. The molecule has 0 heterocycles. The van der Waals surface area contributed by atoms with E-state index in [0.29, 0.717) is 5.56 Å². The van der Waals surface area contributed by atoms with Crippen molar-refractivity contribution in [3.63, 3.8) is 0 Å². The van der Waals surface area contributed by atoms with Gasteiger partial charge in [-0.15, -0.1) is 11.8 Å². The van der Waals surface area contributed by atoms with Crippen LogP contribution in [-0.4, -0.2) is 30.3 Å². The zero-order valence-electron chi connectivity index (χ0n) is 13.1. The van der Waals surface area contributed by atoms with Gasteiger partial charge in [-0.05, 0) is 38.2 Å². The summed E-state index contributed by atoms with van der Waals surface area (Å²) >= 11 is 1.49. The second-order valence-corrected chi connectivity index (χ2v) is 6.44. The van der Waals surface area contributed by atoms with Gasteiger partial charge in [0.1, 0.15) is 0 Å². The van der Waals surface area contributed by atoms with Crippen LogP contribution in [0.3, 0.4) is 0 Å². The molecule has 22 heavy (non-hydrogen) atoms. The monoisotopic (exact) mass is 321 g/mol. The number of carbonyl (C=O) groups excluding carboxylic acids is 2. The van der Waals surface area contributed by atoms with Crippen molar-refractivity contribution in [2.45, 2.75) is 56.1 Å². The van der Waals surface area contributed by atoms with E-state index in [4.69, 9.17) is 4.74 Å². The summed E-state index contributed by atoms with van der Waals surface area (Å²) in [6.07, 6.45) is 6.71. The zero-order chi connectivity index (χ0) is 15.9. The van der Waals surface area contributed by atoms with Crippen LogP contribution in [0.1, 0.15) is 49.4 Å². The number of benzene rings is 1. The van der Waals surface area contributed by atoms with Crippen molar-refractivity contribution in [3.05, 3.63) is 29.8 Å². The van der Waals surface area contributed by atoms with Crippen LogP contribution in [0.25, 0.3) is 0 Å². The Balaban J connectivity index is 1.91. The summed E-state index contributed by atoms with van der Waals surface area (Å²) < 4.78 is 5.32. The van der Waals surface area contributed by atoms with Crippen LogP contribution in [0.4, 0.5) is 0 Å². The van der Waals surface area contributed by atoms with Gasteiger partial charge in [0.15, 0.2) is 6.10 Å². The molecule has 120 valence electrons. The van der Waals surface area contributed by atoms with E-state index in [-0.39, 0.29) is 11.9 Å². The Morgan fingerprint density at radius 2 is 1.91 bits per heavy atom. The fraction of sp³-hybridized carbons (Fsp3) is 0.529. The maximum Gasteiger partial charge on any atom is 0.340 e. The van der Waals surface area contributed by atoms with Crippen LogP contribution < -0.4 is 5.32 Å². The van der Waals surface area contributed by atoms with Gasteiger partial charge < -0.3 is 10.1 Å². The number of esters is 1. The number of amides is 1. The molecule has 4 nitrogen and oxygen atoms in total. The minimum absolute atomic E-state index is 0.207. The average Bonchev–Trinajstić information content (AvgIpc) is 2.55. The highest BCUT2D eigenvalue weighted by molar-refractivity contribution is 7.98. The number of hydrogen-bond donors (Lipinski definition) is 1. The van der Waals surface area contributed by atoms with Gasteiger partial charge in [0.25, 0.3) is 5.91 Å². The second-order valence-electron chi connectivity index (χ2n) is 5.59. The molecule has 1 aliphatic carbocycles. The van der Waals surface area contributed by atoms with Gasteiger partial charge in [0, 0.05) is 10.9 Å². The molecular formula is C17H23NO3S. The Labute approximate surface area is 136 Å². The lowest BCUT2D eigenvalue weighted by Crippen LogP contribution is -2.42. The third kappa shape index (κ3) is 4.50. The van der Waals surface area contributed by atoms with E-state index >= 15 is 0 Å². The lowest BCUT2D eigenvalue weighted by atomic mass is 9.95. The third-order valence-corrected chi connectivity index (χ3v) is 4.73. The van der Waals surface area contributed by atoms with E-state index in [1.54, 1.807) is 19.1 Å². The van der Waals surface area contributed by atoms with E-state index in [9.17, 15) is 9.59 Å². The molecule has 1 aliphatic rings. The van der Waals surface area contributed by atoms with Gasteiger partial charge in [0.2, 0.25) is 0 Å². The zero-order valence-corrected chi connectivity index (χ0v) is 13.9. The van der Waals surface area contributed by atoms with Gasteiger partial charge in [-0.1, -0.05) is 31.4 Å². The van der Waals surface area contributed by atoms with Crippen molar-refractivity contribution in [2.75, 3.05) is 6.26 Å². The largest absolute Gasteiger partial charge is 0.449 e. The Bertz CT molecular complexity index is 526. The van der Waals surface area contributed by atoms with E-state index in [2.05, 4.69) is 5.32 Å². The lowest BCUT2D eigenvalue weighted by molar-refractivity contribution is -0.130. The molecule has 0 unspecified atom stereocenters. The quantitative estimate of drug-likeness (QED) is 0.667. The molecule has 0 spiro atoms. The number of ether oxygens (including phenoxy) is 1. The molecular weight excluding hydrogens is 298 g/mol. The maximum atomic E-state index is 12.2. The minimum atomic E-state index is -0.774. The van der Waals surface area contributed by atoms with Gasteiger partial charge >= 0.3 is 5.97 Å². The SMILES string of the molecule is CSc1ccccc1C(=O)O[C@@H](C)C(=O)NC1CCCCC1.